The van der Waals surface area contributed by atoms with Crippen LogP contribution >= 0.6 is 0 Å². The quantitative estimate of drug-likeness (QED) is 0.812. The number of hydrogen-bond donors (Lipinski definition) is 0. The number of nitrogens with zero attached hydrogens (tertiary/aromatic N) is 1. The van der Waals surface area contributed by atoms with Crippen molar-refractivity contribution in [1.29, 1.82) is 0 Å². The van der Waals surface area contributed by atoms with Crippen LogP contribution in [0.5, 0.6) is 11.5 Å². The zero-order valence-corrected chi connectivity index (χ0v) is 15.2. The lowest BCUT2D eigenvalue weighted by molar-refractivity contribution is -0.179. The summed E-state index contributed by atoms with van der Waals surface area (Å²) in [6.45, 7) is 1.97. The molecule has 0 radical (unpaired) electrons. The fraction of sp³-hybridized carbons (Fsp3) is 0.550. The molecule has 5 rings (SSSR count). The van der Waals surface area contributed by atoms with E-state index in [1.807, 2.05) is 4.90 Å². The zero-order valence-electron chi connectivity index (χ0n) is 15.2. The van der Waals surface area contributed by atoms with Crippen LogP contribution in [0.2, 0.25) is 0 Å². The monoisotopic (exact) mass is 357 g/mol. The van der Waals surface area contributed by atoms with E-state index >= 15 is 0 Å². The molecule has 6 nitrogen and oxygen atoms in total. The van der Waals surface area contributed by atoms with Gasteiger partial charge in [0.05, 0.1) is 33.0 Å². The van der Waals surface area contributed by atoms with Gasteiger partial charge in [0.25, 0.3) is 0 Å². The molecule has 1 aromatic rings. The van der Waals surface area contributed by atoms with Gasteiger partial charge < -0.3 is 23.8 Å². The Bertz CT molecular complexity index is 811. The molecule has 0 unspecified atom stereocenters. The van der Waals surface area contributed by atoms with Crippen molar-refractivity contribution in [3.05, 3.63) is 34.9 Å². The van der Waals surface area contributed by atoms with Crippen molar-refractivity contribution >= 4 is 5.91 Å². The second-order valence-corrected chi connectivity index (χ2v) is 7.42. The Labute approximate surface area is 152 Å². The summed E-state index contributed by atoms with van der Waals surface area (Å²) < 4.78 is 22.9. The first-order chi connectivity index (χ1) is 12.6. The predicted octanol–water partition coefficient (Wildman–Crippen LogP) is 2.15. The summed E-state index contributed by atoms with van der Waals surface area (Å²) in [5, 5.41) is 0. The van der Waals surface area contributed by atoms with Crippen LogP contribution in [-0.2, 0) is 26.2 Å². The number of rotatable bonds is 2. The van der Waals surface area contributed by atoms with Crippen LogP contribution in [-0.4, -0.2) is 50.6 Å². The van der Waals surface area contributed by atoms with Crippen molar-refractivity contribution in [2.24, 2.45) is 0 Å². The van der Waals surface area contributed by atoms with E-state index in [4.69, 9.17) is 18.9 Å². The predicted molar refractivity (Wildman–Crippen MR) is 93.2 cm³/mol. The van der Waals surface area contributed by atoms with E-state index in [0.717, 1.165) is 42.7 Å². The van der Waals surface area contributed by atoms with E-state index in [0.29, 0.717) is 25.4 Å². The van der Waals surface area contributed by atoms with Crippen LogP contribution in [0.1, 0.15) is 30.4 Å². The lowest BCUT2D eigenvalue weighted by atomic mass is 9.68. The fourth-order valence-corrected chi connectivity index (χ4v) is 5.19. The van der Waals surface area contributed by atoms with Gasteiger partial charge in [0, 0.05) is 25.5 Å². The highest BCUT2D eigenvalue weighted by molar-refractivity contribution is 5.94. The maximum Gasteiger partial charge on any atom is 0.247 e. The minimum absolute atomic E-state index is 0.0930. The molecule has 0 N–H and O–H groups in total. The number of ether oxygens (including phenoxy) is 4. The topological polar surface area (TPSA) is 57.2 Å². The van der Waals surface area contributed by atoms with E-state index in [1.54, 1.807) is 20.3 Å². The molecule has 1 saturated heterocycles. The number of hydrogen-bond acceptors (Lipinski definition) is 5. The Morgan fingerprint density at radius 3 is 2.54 bits per heavy atom. The molecule has 6 heteroatoms. The number of amides is 1. The van der Waals surface area contributed by atoms with Crippen LogP contribution in [0.4, 0.5) is 0 Å². The highest BCUT2D eigenvalue weighted by Gasteiger charge is 2.58. The van der Waals surface area contributed by atoms with Gasteiger partial charge >= 0.3 is 0 Å². The number of fused-ring (bicyclic) bond motifs is 1. The molecule has 3 heterocycles. The SMILES string of the molecule is COc1cc2c(cc1OC)[C@@]13CCC4(CC1=CC(=O)N3CC2)OCCO4. The second-order valence-electron chi connectivity index (χ2n) is 7.42. The Morgan fingerprint density at radius 2 is 1.81 bits per heavy atom. The highest BCUT2D eigenvalue weighted by atomic mass is 16.7. The van der Waals surface area contributed by atoms with Crippen LogP contribution in [0, 0.1) is 0 Å². The lowest BCUT2D eigenvalue weighted by Crippen LogP contribution is -2.54. The van der Waals surface area contributed by atoms with E-state index in [2.05, 4.69) is 12.1 Å². The molecule has 1 saturated carbocycles. The van der Waals surface area contributed by atoms with Gasteiger partial charge in [-0.3, -0.25) is 4.79 Å². The smallest absolute Gasteiger partial charge is 0.247 e. The Hall–Kier alpha value is -2.05. The second kappa shape index (κ2) is 5.47. The van der Waals surface area contributed by atoms with Gasteiger partial charge in [0.1, 0.15) is 0 Å². The summed E-state index contributed by atoms with van der Waals surface area (Å²) >= 11 is 0. The van der Waals surface area contributed by atoms with Crippen LogP contribution in [0.25, 0.3) is 0 Å². The molecular formula is C20H23NO5. The minimum Gasteiger partial charge on any atom is -0.493 e. The third-order valence-corrected chi connectivity index (χ3v) is 6.36. The lowest BCUT2D eigenvalue weighted by Gasteiger charge is -2.51. The molecule has 1 amide bonds. The summed E-state index contributed by atoms with van der Waals surface area (Å²) in [6.07, 6.45) is 4.85. The zero-order chi connectivity index (χ0) is 17.9. The molecule has 1 atom stereocenters. The normalized spacial score (nSPS) is 28.5. The van der Waals surface area contributed by atoms with Crippen LogP contribution in [0.3, 0.4) is 0 Å². The molecule has 26 heavy (non-hydrogen) atoms. The third kappa shape index (κ3) is 1.97. The molecule has 1 aromatic carbocycles. The molecule has 1 aliphatic carbocycles. The van der Waals surface area contributed by atoms with Crippen molar-refractivity contribution in [3.8, 4) is 11.5 Å². The van der Waals surface area contributed by atoms with Gasteiger partial charge in [0.2, 0.25) is 5.91 Å². The van der Waals surface area contributed by atoms with Crippen LogP contribution in [0.15, 0.2) is 23.8 Å². The van der Waals surface area contributed by atoms with Gasteiger partial charge in [-0.25, -0.2) is 0 Å². The first kappa shape index (κ1) is 16.1. The first-order valence-electron chi connectivity index (χ1n) is 9.18. The van der Waals surface area contributed by atoms with Crippen molar-refractivity contribution in [2.45, 2.75) is 37.0 Å². The third-order valence-electron chi connectivity index (χ3n) is 6.36. The Balaban J connectivity index is 1.65. The largest absolute Gasteiger partial charge is 0.493 e. The summed E-state index contributed by atoms with van der Waals surface area (Å²) in [4.78, 5) is 14.8. The summed E-state index contributed by atoms with van der Waals surface area (Å²) in [5.74, 6) is 0.979. The Kier molecular flexibility index (Phi) is 3.40. The van der Waals surface area contributed by atoms with Crippen molar-refractivity contribution in [3.63, 3.8) is 0 Å². The number of benzene rings is 1. The number of carbonyl (C=O) groups excluding carboxylic acids is 1. The van der Waals surface area contributed by atoms with Gasteiger partial charge in [-0.2, -0.15) is 0 Å². The maximum atomic E-state index is 12.8. The molecule has 2 spiro atoms. The maximum absolute atomic E-state index is 12.8. The molecular weight excluding hydrogens is 334 g/mol. The van der Waals surface area contributed by atoms with Gasteiger partial charge in [-0.15, -0.1) is 0 Å². The van der Waals surface area contributed by atoms with E-state index in [9.17, 15) is 4.79 Å². The molecule has 0 bridgehead atoms. The molecule has 0 aromatic heterocycles. The van der Waals surface area contributed by atoms with Gasteiger partial charge in [-0.05, 0) is 41.7 Å². The highest BCUT2D eigenvalue weighted by Crippen LogP contribution is 2.57. The Morgan fingerprint density at radius 1 is 1.08 bits per heavy atom. The average Bonchev–Trinajstić information content (AvgIpc) is 3.23. The summed E-state index contributed by atoms with van der Waals surface area (Å²) in [5.41, 5.74) is 3.09. The fourth-order valence-electron chi connectivity index (χ4n) is 5.19. The van der Waals surface area contributed by atoms with Crippen molar-refractivity contribution < 1.29 is 23.7 Å². The van der Waals surface area contributed by atoms with Crippen molar-refractivity contribution in [2.75, 3.05) is 34.0 Å². The molecule has 4 aliphatic rings. The van der Waals surface area contributed by atoms with Gasteiger partial charge in [0.15, 0.2) is 17.3 Å². The summed E-state index contributed by atoms with van der Waals surface area (Å²) in [7, 11) is 3.30. The molecule has 3 aliphatic heterocycles. The van der Waals surface area contributed by atoms with Crippen LogP contribution < -0.4 is 9.47 Å². The van der Waals surface area contributed by atoms with Crippen molar-refractivity contribution in [1.82, 2.24) is 4.90 Å². The molecule has 138 valence electrons. The van der Waals surface area contributed by atoms with Gasteiger partial charge in [-0.1, -0.05) is 0 Å². The van der Waals surface area contributed by atoms with E-state index in [1.165, 1.54) is 5.56 Å². The minimum atomic E-state index is -0.554. The number of carbonyl (C=O) groups is 1. The average molecular weight is 357 g/mol. The number of methoxy groups -OCH3 is 2. The molecule has 2 fully saturated rings. The first-order valence-corrected chi connectivity index (χ1v) is 9.18. The van der Waals surface area contributed by atoms with E-state index in [-0.39, 0.29) is 5.91 Å². The van der Waals surface area contributed by atoms with E-state index < -0.39 is 11.3 Å². The standard InChI is InChI=1S/C20H23NO5/c1-23-16-9-13-3-6-21-18(22)10-14-12-19(25-7-8-26-19)4-5-20(14,21)15(13)11-17(16)24-2/h9-11H,3-8,12H2,1-2H3/t20-/m1/s1. The summed E-state index contributed by atoms with van der Waals surface area (Å²) in [6, 6.07) is 4.12.